The summed E-state index contributed by atoms with van der Waals surface area (Å²) in [4.78, 5) is 23.3. The fourth-order valence-electron chi connectivity index (χ4n) is 5.07. The second-order valence-electron chi connectivity index (χ2n) is 7.85. The highest BCUT2D eigenvalue weighted by molar-refractivity contribution is 5.87. The van der Waals surface area contributed by atoms with E-state index in [4.69, 9.17) is 4.74 Å². The summed E-state index contributed by atoms with van der Waals surface area (Å²) >= 11 is 0. The Labute approximate surface area is 132 Å². The fourth-order valence-corrected chi connectivity index (χ4v) is 5.07. The van der Waals surface area contributed by atoms with Crippen LogP contribution < -0.4 is 0 Å². The van der Waals surface area contributed by atoms with Crippen molar-refractivity contribution in [3.8, 4) is 0 Å². The maximum absolute atomic E-state index is 12.2. The minimum Gasteiger partial charge on any atom is -0.365 e. The Balaban J connectivity index is 1.65. The molecule has 0 aromatic rings. The van der Waals surface area contributed by atoms with Crippen molar-refractivity contribution in [1.29, 1.82) is 0 Å². The molecule has 1 aliphatic heterocycles. The second kappa shape index (κ2) is 5.72. The van der Waals surface area contributed by atoms with Crippen LogP contribution in [0.15, 0.2) is 0 Å². The number of carbonyl (C=O) groups is 2. The van der Waals surface area contributed by atoms with Crippen LogP contribution in [0.1, 0.15) is 71.6 Å². The van der Waals surface area contributed by atoms with E-state index in [2.05, 4.69) is 6.92 Å². The molecule has 0 amide bonds. The normalized spacial score (nSPS) is 44.5. The van der Waals surface area contributed by atoms with Crippen molar-refractivity contribution in [2.75, 3.05) is 0 Å². The smallest absolute Gasteiger partial charge is 0.168 e. The topological polar surface area (TPSA) is 63.6 Å². The zero-order valence-electron chi connectivity index (χ0n) is 13.8. The van der Waals surface area contributed by atoms with Crippen LogP contribution in [0.25, 0.3) is 0 Å². The van der Waals surface area contributed by atoms with Crippen molar-refractivity contribution >= 4 is 11.6 Å². The molecule has 4 heteroatoms. The maximum atomic E-state index is 12.2. The highest BCUT2D eigenvalue weighted by Gasteiger charge is 2.60. The molecule has 124 valence electrons. The van der Waals surface area contributed by atoms with Gasteiger partial charge >= 0.3 is 0 Å². The minimum absolute atomic E-state index is 0.0575. The van der Waals surface area contributed by atoms with E-state index in [1.807, 2.05) is 0 Å². The van der Waals surface area contributed by atoms with E-state index < -0.39 is 5.79 Å². The largest absolute Gasteiger partial charge is 0.365 e. The minimum atomic E-state index is -1.05. The monoisotopic (exact) mass is 308 g/mol. The van der Waals surface area contributed by atoms with Gasteiger partial charge in [0.05, 0.1) is 6.10 Å². The van der Waals surface area contributed by atoms with Crippen molar-refractivity contribution in [3.05, 3.63) is 0 Å². The molecule has 1 N–H and O–H groups in total. The summed E-state index contributed by atoms with van der Waals surface area (Å²) in [5.74, 6) is -0.0828. The Morgan fingerprint density at radius 2 is 2.05 bits per heavy atom. The van der Waals surface area contributed by atoms with Gasteiger partial charge in [-0.25, -0.2) is 0 Å². The molecule has 2 saturated carbocycles. The third-order valence-corrected chi connectivity index (χ3v) is 6.43. The molecule has 0 aromatic carbocycles. The molecule has 0 radical (unpaired) electrons. The third-order valence-electron chi connectivity index (χ3n) is 6.43. The molecule has 5 atom stereocenters. The molecule has 3 aliphatic rings. The van der Waals surface area contributed by atoms with Crippen LogP contribution in [0.4, 0.5) is 0 Å². The average Bonchev–Trinajstić information content (AvgIpc) is 2.74. The number of Topliss-reactive ketones (excluding diaryl/α,β-unsaturated/α-hetero) is 2. The predicted octanol–water partition coefficient (Wildman–Crippen LogP) is 3.01. The molecular formula is C18H28O4. The number of hydrogen-bond acceptors (Lipinski definition) is 4. The molecule has 2 aliphatic carbocycles. The first-order valence-electron chi connectivity index (χ1n) is 8.78. The summed E-state index contributed by atoms with van der Waals surface area (Å²) in [6.07, 6.45) is 7.08. The molecule has 3 rings (SSSR count). The molecule has 0 aromatic heterocycles. The molecule has 0 spiro atoms. The van der Waals surface area contributed by atoms with Crippen LogP contribution >= 0.6 is 0 Å². The van der Waals surface area contributed by atoms with Gasteiger partial charge in [-0.3, -0.25) is 4.79 Å². The summed E-state index contributed by atoms with van der Waals surface area (Å²) in [5, 5.41) is 11.0. The van der Waals surface area contributed by atoms with Gasteiger partial charge in [0, 0.05) is 30.6 Å². The number of ether oxygens (including phenoxy) is 1. The van der Waals surface area contributed by atoms with Crippen LogP contribution in [0.2, 0.25) is 0 Å². The Bertz CT molecular complexity index is 474. The van der Waals surface area contributed by atoms with E-state index in [0.717, 1.165) is 38.5 Å². The lowest BCUT2D eigenvalue weighted by molar-refractivity contribution is -0.315. The van der Waals surface area contributed by atoms with E-state index >= 15 is 0 Å². The zero-order valence-corrected chi connectivity index (χ0v) is 13.8. The second-order valence-corrected chi connectivity index (χ2v) is 7.85. The first-order valence-corrected chi connectivity index (χ1v) is 8.78. The van der Waals surface area contributed by atoms with Gasteiger partial charge in [-0.1, -0.05) is 6.92 Å². The molecular weight excluding hydrogens is 280 g/mol. The Morgan fingerprint density at radius 3 is 2.77 bits per heavy atom. The van der Waals surface area contributed by atoms with Gasteiger partial charge in [-0.15, -0.1) is 0 Å². The Morgan fingerprint density at radius 1 is 1.27 bits per heavy atom. The molecule has 4 nitrogen and oxygen atoms in total. The van der Waals surface area contributed by atoms with Crippen LogP contribution in [-0.2, 0) is 14.3 Å². The van der Waals surface area contributed by atoms with Crippen LogP contribution in [0.5, 0.6) is 0 Å². The van der Waals surface area contributed by atoms with Gasteiger partial charge in [-0.2, -0.15) is 0 Å². The standard InChI is InChI=1S/C18H28O4/c1-12(19)4-3-5-13-6-7-15-14-8-9-16(20)17(14,2)10-11-18(15,21)22-13/h13-15,21H,3-11H2,1-2H3. The number of ketones is 2. The molecule has 1 saturated heterocycles. The van der Waals surface area contributed by atoms with Crippen molar-refractivity contribution in [3.63, 3.8) is 0 Å². The fraction of sp³-hybridized carbons (Fsp3) is 0.889. The van der Waals surface area contributed by atoms with Gasteiger partial charge < -0.3 is 14.6 Å². The van der Waals surface area contributed by atoms with E-state index in [-0.39, 0.29) is 29.1 Å². The van der Waals surface area contributed by atoms with Crippen molar-refractivity contribution in [2.45, 2.75) is 83.5 Å². The van der Waals surface area contributed by atoms with Gasteiger partial charge in [0.2, 0.25) is 0 Å². The predicted molar refractivity (Wildman–Crippen MR) is 82.2 cm³/mol. The van der Waals surface area contributed by atoms with E-state index in [1.165, 1.54) is 0 Å². The van der Waals surface area contributed by atoms with Gasteiger partial charge in [0.1, 0.15) is 11.6 Å². The first kappa shape index (κ1) is 16.1. The molecule has 3 fully saturated rings. The maximum Gasteiger partial charge on any atom is 0.168 e. The molecule has 22 heavy (non-hydrogen) atoms. The third kappa shape index (κ3) is 2.65. The molecule has 0 bridgehead atoms. The van der Waals surface area contributed by atoms with Crippen molar-refractivity contribution < 1.29 is 19.4 Å². The molecule has 5 unspecified atom stereocenters. The number of carbonyl (C=O) groups excluding carboxylic acids is 2. The first-order chi connectivity index (χ1) is 10.3. The average molecular weight is 308 g/mol. The van der Waals surface area contributed by atoms with E-state index in [9.17, 15) is 14.7 Å². The highest BCUT2D eigenvalue weighted by atomic mass is 16.6. The highest BCUT2D eigenvalue weighted by Crippen LogP contribution is 2.58. The van der Waals surface area contributed by atoms with E-state index in [1.54, 1.807) is 6.92 Å². The number of hydrogen-bond donors (Lipinski definition) is 1. The van der Waals surface area contributed by atoms with Crippen LogP contribution in [0, 0.1) is 17.3 Å². The van der Waals surface area contributed by atoms with E-state index in [0.29, 0.717) is 25.0 Å². The summed E-state index contributed by atoms with van der Waals surface area (Å²) in [7, 11) is 0. The lowest BCUT2D eigenvalue weighted by atomic mass is 9.59. The summed E-state index contributed by atoms with van der Waals surface area (Å²) in [6, 6.07) is 0. The van der Waals surface area contributed by atoms with Gasteiger partial charge in [0.15, 0.2) is 5.79 Å². The quantitative estimate of drug-likeness (QED) is 0.867. The number of fused-ring (bicyclic) bond motifs is 3. The van der Waals surface area contributed by atoms with Crippen LogP contribution in [0.3, 0.4) is 0 Å². The van der Waals surface area contributed by atoms with Crippen molar-refractivity contribution in [1.82, 2.24) is 0 Å². The summed E-state index contributed by atoms with van der Waals surface area (Å²) < 4.78 is 6.08. The SMILES string of the molecule is CC(=O)CCCC1CCC2C3CCC(=O)C3(C)CCC2(O)O1. The number of rotatable bonds is 4. The van der Waals surface area contributed by atoms with Gasteiger partial charge in [-0.05, 0) is 51.4 Å². The van der Waals surface area contributed by atoms with Gasteiger partial charge in [0.25, 0.3) is 0 Å². The lowest BCUT2D eigenvalue weighted by Gasteiger charge is -2.53. The summed E-state index contributed by atoms with van der Waals surface area (Å²) in [6.45, 7) is 3.70. The summed E-state index contributed by atoms with van der Waals surface area (Å²) in [5.41, 5.74) is -0.234. The lowest BCUT2D eigenvalue weighted by Crippen LogP contribution is -2.57. The van der Waals surface area contributed by atoms with Crippen LogP contribution in [-0.4, -0.2) is 28.6 Å². The Hall–Kier alpha value is -0.740. The van der Waals surface area contributed by atoms with Crippen molar-refractivity contribution in [2.24, 2.45) is 17.3 Å². The Kier molecular flexibility index (Phi) is 4.19. The molecule has 1 heterocycles. The number of aliphatic hydroxyl groups is 1. The zero-order chi connectivity index (χ0) is 16.0.